The molecule has 2 aliphatic heterocycles. The number of hydrogen-bond acceptors (Lipinski definition) is 4. The van der Waals surface area contributed by atoms with Crippen molar-refractivity contribution in [2.24, 2.45) is 4.99 Å². The van der Waals surface area contributed by atoms with Gasteiger partial charge < -0.3 is 0 Å². The minimum Gasteiger partial charge on any atom is -0.297 e. The van der Waals surface area contributed by atoms with E-state index in [4.69, 9.17) is 0 Å². The maximum Gasteiger partial charge on any atom is 0.330 e. The standard InChI is InChI=1S/C20H24N4O3/c1-12(2)23-17-11-14(13-7-9-21-10-8-13)3-4-15(17)24(20(23)27)16-5-6-18(25)22-19(16)26/h3-4,9,11-13,16H,5-8,10H2,1-2H3,(H,22,25,26). The van der Waals surface area contributed by atoms with Crippen molar-refractivity contribution in [1.82, 2.24) is 14.5 Å². The lowest BCUT2D eigenvalue weighted by atomic mass is 9.91. The van der Waals surface area contributed by atoms with Crippen molar-refractivity contribution >= 4 is 29.1 Å². The van der Waals surface area contributed by atoms with Gasteiger partial charge in [0.2, 0.25) is 11.8 Å². The Kier molecular flexibility index (Phi) is 4.45. The number of rotatable bonds is 3. The predicted octanol–water partition coefficient (Wildman–Crippen LogP) is 2.31. The van der Waals surface area contributed by atoms with E-state index in [1.54, 1.807) is 9.13 Å². The normalized spacial score (nSPS) is 23.2. The third kappa shape index (κ3) is 3.01. The van der Waals surface area contributed by atoms with Crippen molar-refractivity contribution in [2.45, 2.75) is 57.5 Å². The first-order valence-electron chi connectivity index (χ1n) is 9.55. The zero-order chi connectivity index (χ0) is 19.1. The highest BCUT2D eigenvalue weighted by Gasteiger charge is 2.32. The second-order valence-electron chi connectivity index (χ2n) is 7.64. The number of nitrogens with one attached hydrogen (secondary N) is 1. The maximum atomic E-state index is 13.2. The second kappa shape index (κ2) is 6.79. The summed E-state index contributed by atoms with van der Waals surface area (Å²) in [7, 11) is 0. The van der Waals surface area contributed by atoms with Crippen LogP contribution in [0, 0.1) is 0 Å². The first kappa shape index (κ1) is 17.7. The fraction of sp³-hybridized carbons (Fsp3) is 0.500. The number of imide groups is 1. The average molecular weight is 368 g/mol. The molecule has 2 amide bonds. The molecular formula is C20H24N4O3. The van der Waals surface area contributed by atoms with E-state index in [2.05, 4.69) is 22.4 Å². The van der Waals surface area contributed by atoms with Crippen LogP contribution in [0.4, 0.5) is 0 Å². The Morgan fingerprint density at radius 2 is 1.96 bits per heavy atom. The number of nitrogens with zero attached hydrogens (tertiary/aromatic N) is 3. The van der Waals surface area contributed by atoms with E-state index >= 15 is 0 Å². The minimum absolute atomic E-state index is 0.0299. The number of carbonyl (C=O) groups excluding carboxylic acids is 2. The van der Waals surface area contributed by atoms with Gasteiger partial charge in [0.25, 0.3) is 0 Å². The van der Waals surface area contributed by atoms with Crippen molar-refractivity contribution in [3.63, 3.8) is 0 Å². The van der Waals surface area contributed by atoms with Crippen LogP contribution < -0.4 is 11.0 Å². The lowest BCUT2D eigenvalue weighted by molar-refractivity contribution is -0.135. The molecule has 1 N–H and O–H groups in total. The molecule has 7 heteroatoms. The molecule has 2 aliphatic rings. The number of fused-ring (bicyclic) bond motifs is 1. The summed E-state index contributed by atoms with van der Waals surface area (Å²) in [6.07, 6.45) is 4.48. The van der Waals surface area contributed by atoms with E-state index < -0.39 is 11.9 Å². The van der Waals surface area contributed by atoms with Crippen LogP contribution in [0.1, 0.15) is 63.1 Å². The van der Waals surface area contributed by atoms with Gasteiger partial charge in [-0.25, -0.2) is 4.79 Å². The predicted molar refractivity (Wildman–Crippen MR) is 103 cm³/mol. The smallest absolute Gasteiger partial charge is 0.297 e. The molecule has 2 atom stereocenters. The Bertz CT molecular complexity index is 999. The molecular weight excluding hydrogens is 344 g/mol. The molecule has 3 heterocycles. The van der Waals surface area contributed by atoms with Crippen molar-refractivity contribution in [3.05, 3.63) is 34.2 Å². The number of amides is 2. The molecule has 27 heavy (non-hydrogen) atoms. The highest BCUT2D eigenvalue weighted by atomic mass is 16.2. The van der Waals surface area contributed by atoms with Crippen LogP contribution >= 0.6 is 0 Å². The number of carbonyl (C=O) groups is 2. The fourth-order valence-electron chi connectivity index (χ4n) is 4.19. The lowest BCUT2D eigenvalue weighted by Crippen LogP contribution is -2.44. The number of aromatic nitrogens is 2. The van der Waals surface area contributed by atoms with Gasteiger partial charge in [-0.1, -0.05) is 6.07 Å². The molecule has 1 aromatic heterocycles. The van der Waals surface area contributed by atoms with Crippen LogP contribution in [0.25, 0.3) is 11.0 Å². The zero-order valence-corrected chi connectivity index (χ0v) is 15.6. The van der Waals surface area contributed by atoms with Crippen LogP contribution in [0.5, 0.6) is 0 Å². The van der Waals surface area contributed by atoms with Crippen LogP contribution in [-0.4, -0.2) is 33.7 Å². The molecule has 0 bridgehead atoms. The van der Waals surface area contributed by atoms with Gasteiger partial charge >= 0.3 is 5.69 Å². The summed E-state index contributed by atoms with van der Waals surface area (Å²) in [6.45, 7) is 4.77. The van der Waals surface area contributed by atoms with Gasteiger partial charge in [-0.05, 0) is 62.9 Å². The molecule has 2 aromatic rings. The monoisotopic (exact) mass is 368 g/mol. The fourth-order valence-corrected chi connectivity index (χ4v) is 4.19. The van der Waals surface area contributed by atoms with Crippen molar-refractivity contribution in [1.29, 1.82) is 0 Å². The molecule has 0 aliphatic carbocycles. The third-order valence-corrected chi connectivity index (χ3v) is 5.57. The molecule has 0 spiro atoms. The van der Waals surface area contributed by atoms with Gasteiger partial charge in [-0.15, -0.1) is 0 Å². The average Bonchev–Trinajstić information content (AvgIpc) is 2.94. The molecule has 2 unspecified atom stereocenters. The molecule has 1 aromatic carbocycles. The quantitative estimate of drug-likeness (QED) is 0.844. The SMILES string of the molecule is CC(C)n1c(=O)n(C2CCC(=O)NC2=O)c2ccc(C3CC=NCC3)cc21. The van der Waals surface area contributed by atoms with E-state index in [0.29, 0.717) is 12.3 Å². The lowest BCUT2D eigenvalue weighted by Gasteiger charge is -2.22. The molecule has 0 radical (unpaired) electrons. The molecule has 7 nitrogen and oxygen atoms in total. The summed E-state index contributed by atoms with van der Waals surface area (Å²) in [4.78, 5) is 41.4. The van der Waals surface area contributed by atoms with Gasteiger partial charge in [0.15, 0.2) is 0 Å². The highest BCUT2D eigenvalue weighted by molar-refractivity contribution is 6.00. The summed E-state index contributed by atoms with van der Waals surface area (Å²) in [5, 5.41) is 2.36. The van der Waals surface area contributed by atoms with E-state index in [9.17, 15) is 14.4 Å². The van der Waals surface area contributed by atoms with Gasteiger partial charge in [0.1, 0.15) is 6.04 Å². The molecule has 1 saturated heterocycles. The first-order chi connectivity index (χ1) is 13.0. The van der Waals surface area contributed by atoms with Crippen molar-refractivity contribution in [2.75, 3.05) is 6.54 Å². The maximum absolute atomic E-state index is 13.2. The molecule has 4 rings (SSSR count). The van der Waals surface area contributed by atoms with Gasteiger partial charge in [-0.2, -0.15) is 0 Å². The van der Waals surface area contributed by atoms with E-state index in [0.717, 1.165) is 30.4 Å². The summed E-state index contributed by atoms with van der Waals surface area (Å²) in [6, 6.07) is 5.41. The highest BCUT2D eigenvalue weighted by Crippen LogP contribution is 2.30. The minimum atomic E-state index is -0.648. The largest absolute Gasteiger partial charge is 0.330 e. The van der Waals surface area contributed by atoms with Gasteiger partial charge in [-0.3, -0.25) is 29.0 Å². The van der Waals surface area contributed by atoms with E-state index in [1.807, 2.05) is 26.1 Å². The number of aliphatic imine (C=N–C) groups is 1. The number of hydrogen-bond donors (Lipinski definition) is 1. The summed E-state index contributed by atoms with van der Waals surface area (Å²) < 4.78 is 3.31. The van der Waals surface area contributed by atoms with Crippen molar-refractivity contribution < 1.29 is 9.59 Å². The van der Waals surface area contributed by atoms with Crippen LogP contribution in [0.3, 0.4) is 0 Å². The Balaban J connectivity index is 1.86. The summed E-state index contributed by atoms with van der Waals surface area (Å²) >= 11 is 0. The number of imidazole rings is 1. The molecule has 1 fully saturated rings. The second-order valence-corrected chi connectivity index (χ2v) is 7.64. The topological polar surface area (TPSA) is 85.5 Å². The first-order valence-corrected chi connectivity index (χ1v) is 9.55. The zero-order valence-electron chi connectivity index (χ0n) is 15.6. The van der Waals surface area contributed by atoms with Gasteiger partial charge in [0.05, 0.1) is 11.0 Å². The van der Waals surface area contributed by atoms with Crippen LogP contribution in [0.15, 0.2) is 28.0 Å². The summed E-state index contributed by atoms with van der Waals surface area (Å²) in [5.41, 5.74) is 2.59. The Morgan fingerprint density at radius 3 is 2.63 bits per heavy atom. The Hall–Kier alpha value is -2.70. The van der Waals surface area contributed by atoms with Crippen LogP contribution in [-0.2, 0) is 9.59 Å². The molecule has 142 valence electrons. The Morgan fingerprint density at radius 1 is 1.15 bits per heavy atom. The van der Waals surface area contributed by atoms with E-state index in [1.165, 1.54) is 5.56 Å². The van der Waals surface area contributed by atoms with Crippen LogP contribution in [0.2, 0.25) is 0 Å². The number of piperidine rings is 1. The molecule has 0 saturated carbocycles. The Labute approximate surface area is 157 Å². The van der Waals surface area contributed by atoms with E-state index in [-0.39, 0.29) is 24.1 Å². The number of benzene rings is 1. The third-order valence-electron chi connectivity index (χ3n) is 5.57. The van der Waals surface area contributed by atoms with Crippen molar-refractivity contribution in [3.8, 4) is 0 Å². The summed E-state index contributed by atoms with van der Waals surface area (Å²) in [5.74, 6) is -0.275. The van der Waals surface area contributed by atoms with Gasteiger partial charge in [0, 0.05) is 19.0 Å².